The van der Waals surface area contributed by atoms with Gasteiger partial charge in [0.25, 0.3) is 5.91 Å². The van der Waals surface area contributed by atoms with Crippen molar-refractivity contribution in [1.29, 1.82) is 0 Å². The highest BCUT2D eigenvalue weighted by Crippen LogP contribution is 2.16. The third-order valence-corrected chi connectivity index (χ3v) is 2.85. The molecule has 0 aliphatic carbocycles. The van der Waals surface area contributed by atoms with Crippen LogP contribution in [0.15, 0.2) is 12.3 Å². The van der Waals surface area contributed by atoms with E-state index in [0.717, 1.165) is 6.20 Å². The van der Waals surface area contributed by atoms with Gasteiger partial charge in [0, 0.05) is 33.9 Å². The van der Waals surface area contributed by atoms with Crippen molar-refractivity contribution < 1.29 is 18.7 Å². The summed E-state index contributed by atoms with van der Waals surface area (Å²) >= 11 is 0. The summed E-state index contributed by atoms with van der Waals surface area (Å²) in [7, 11) is 3.12. The molecule has 1 aromatic rings. The molecular weight excluding hydrogens is 277 g/mol. The Bertz CT molecular complexity index is 449. The maximum Gasteiger partial charge on any atom is 0.257 e. The number of hydrogen-bond acceptors (Lipinski definition) is 5. The summed E-state index contributed by atoms with van der Waals surface area (Å²) in [6, 6.07) is 1.19. The molecule has 21 heavy (non-hydrogen) atoms. The van der Waals surface area contributed by atoms with Gasteiger partial charge in [0.1, 0.15) is 11.6 Å². The lowest BCUT2D eigenvalue weighted by Crippen LogP contribution is -2.37. The molecule has 0 saturated carbocycles. The van der Waals surface area contributed by atoms with Crippen LogP contribution in [0, 0.1) is 5.82 Å². The molecule has 0 atom stereocenters. The summed E-state index contributed by atoms with van der Waals surface area (Å²) in [4.78, 5) is 18.1. The van der Waals surface area contributed by atoms with E-state index in [9.17, 15) is 9.18 Å². The average molecular weight is 299 g/mol. The maximum atomic E-state index is 13.4. The normalized spacial score (nSPS) is 10.5. The van der Waals surface area contributed by atoms with Gasteiger partial charge in [0.2, 0.25) is 0 Å². The monoisotopic (exact) mass is 299 g/mol. The van der Waals surface area contributed by atoms with E-state index in [1.165, 1.54) is 6.07 Å². The molecule has 0 bridgehead atoms. The Morgan fingerprint density at radius 3 is 2.48 bits per heavy atom. The molecule has 0 fully saturated rings. The minimum atomic E-state index is -0.543. The third-order valence-electron chi connectivity index (χ3n) is 2.85. The Balaban J connectivity index is 2.97. The zero-order valence-electron chi connectivity index (χ0n) is 12.7. The minimum Gasteiger partial charge on any atom is -0.383 e. The van der Waals surface area contributed by atoms with Crippen molar-refractivity contribution >= 4 is 11.7 Å². The van der Waals surface area contributed by atoms with Gasteiger partial charge in [-0.15, -0.1) is 0 Å². The zero-order chi connectivity index (χ0) is 15.7. The Hall–Kier alpha value is -1.73. The van der Waals surface area contributed by atoms with Crippen LogP contribution in [0.1, 0.15) is 17.3 Å². The second-order valence-electron chi connectivity index (χ2n) is 4.36. The van der Waals surface area contributed by atoms with Crippen molar-refractivity contribution in [3.8, 4) is 0 Å². The lowest BCUT2D eigenvalue weighted by molar-refractivity contribution is 0.0627. The quantitative estimate of drug-likeness (QED) is 0.746. The number of anilines is 1. The first-order chi connectivity index (χ1) is 10.1. The summed E-state index contributed by atoms with van der Waals surface area (Å²) in [6.07, 6.45) is 1.09. The van der Waals surface area contributed by atoms with Crippen molar-refractivity contribution in [2.75, 3.05) is 52.4 Å². The van der Waals surface area contributed by atoms with Crippen molar-refractivity contribution in [2.24, 2.45) is 0 Å². The van der Waals surface area contributed by atoms with Crippen LogP contribution in [0.2, 0.25) is 0 Å². The molecule has 6 nitrogen and oxygen atoms in total. The van der Waals surface area contributed by atoms with Gasteiger partial charge in [0.05, 0.1) is 25.0 Å². The van der Waals surface area contributed by atoms with Crippen LogP contribution in [0.25, 0.3) is 0 Å². The van der Waals surface area contributed by atoms with Crippen LogP contribution in [0.5, 0.6) is 0 Å². The Kier molecular flexibility index (Phi) is 7.63. The Labute approximate surface area is 124 Å². The van der Waals surface area contributed by atoms with Gasteiger partial charge in [-0.2, -0.15) is 0 Å². The van der Waals surface area contributed by atoms with Crippen LogP contribution in [-0.4, -0.2) is 62.9 Å². The molecule has 118 valence electrons. The number of carbonyl (C=O) groups excluding carboxylic acids is 1. The fourth-order valence-electron chi connectivity index (χ4n) is 1.80. The summed E-state index contributed by atoms with van der Waals surface area (Å²) in [6.45, 7) is 4.08. The largest absolute Gasteiger partial charge is 0.383 e. The van der Waals surface area contributed by atoms with Crippen molar-refractivity contribution in [3.63, 3.8) is 0 Å². The Morgan fingerprint density at radius 2 is 1.95 bits per heavy atom. The number of nitrogens with zero attached hydrogens (tertiary/aromatic N) is 2. The van der Waals surface area contributed by atoms with Crippen LogP contribution in [0.3, 0.4) is 0 Å². The molecule has 0 aliphatic rings. The molecule has 1 N–H and O–H groups in total. The first-order valence-electron chi connectivity index (χ1n) is 6.80. The highest BCUT2D eigenvalue weighted by Gasteiger charge is 2.20. The summed E-state index contributed by atoms with van der Waals surface area (Å²) in [5, 5.41) is 2.96. The highest BCUT2D eigenvalue weighted by molar-refractivity contribution is 5.98. The zero-order valence-corrected chi connectivity index (χ0v) is 12.7. The fraction of sp³-hybridized carbons (Fsp3) is 0.571. The molecule has 0 saturated heterocycles. The molecule has 7 heteroatoms. The average Bonchev–Trinajstić information content (AvgIpc) is 2.49. The number of ether oxygens (including phenoxy) is 2. The first kappa shape index (κ1) is 17.3. The first-order valence-corrected chi connectivity index (χ1v) is 6.80. The van der Waals surface area contributed by atoms with Gasteiger partial charge in [-0.05, 0) is 13.0 Å². The number of pyridine rings is 1. The molecule has 1 amide bonds. The van der Waals surface area contributed by atoms with E-state index < -0.39 is 5.82 Å². The molecule has 0 aliphatic heterocycles. The van der Waals surface area contributed by atoms with Gasteiger partial charge in [0.15, 0.2) is 0 Å². The van der Waals surface area contributed by atoms with Crippen molar-refractivity contribution in [2.45, 2.75) is 6.92 Å². The smallest absolute Gasteiger partial charge is 0.257 e. The predicted molar refractivity (Wildman–Crippen MR) is 78.0 cm³/mol. The number of amides is 1. The van der Waals surface area contributed by atoms with Crippen molar-refractivity contribution in [1.82, 2.24) is 9.88 Å². The molecule has 1 heterocycles. The van der Waals surface area contributed by atoms with Crippen LogP contribution in [0.4, 0.5) is 10.2 Å². The number of halogens is 1. The topological polar surface area (TPSA) is 63.7 Å². The van der Waals surface area contributed by atoms with Gasteiger partial charge < -0.3 is 19.7 Å². The lowest BCUT2D eigenvalue weighted by Gasteiger charge is -2.23. The number of methoxy groups -OCH3 is 2. The van der Waals surface area contributed by atoms with Crippen LogP contribution >= 0.6 is 0 Å². The highest BCUT2D eigenvalue weighted by atomic mass is 19.1. The van der Waals surface area contributed by atoms with E-state index in [0.29, 0.717) is 38.7 Å². The van der Waals surface area contributed by atoms with Gasteiger partial charge in [-0.1, -0.05) is 0 Å². The van der Waals surface area contributed by atoms with E-state index in [4.69, 9.17) is 9.47 Å². The maximum absolute atomic E-state index is 13.4. The Morgan fingerprint density at radius 1 is 1.33 bits per heavy atom. The van der Waals surface area contributed by atoms with E-state index in [1.54, 1.807) is 19.1 Å². The van der Waals surface area contributed by atoms with E-state index in [1.807, 2.05) is 6.92 Å². The van der Waals surface area contributed by atoms with E-state index in [2.05, 4.69) is 10.3 Å². The molecule has 1 aromatic heterocycles. The standard InChI is InChI=1S/C14H22FN3O3/c1-4-16-13-12(9-11(15)10-17-13)14(19)18(5-7-20-2)6-8-21-3/h9-10H,4-8H2,1-3H3,(H,16,17). The third kappa shape index (κ3) is 5.28. The SMILES string of the molecule is CCNc1ncc(F)cc1C(=O)N(CCOC)CCOC. The molecular formula is C14H22FN3O3. The molecule has 0 unspecified atom stereocenters. The van der Waals surface area contributed by atoms with Gasteiger partial charge in [-0.3, -0.25) is 4.79 Å². The van der Waals surface area contributed by atoms with Crippen LogP contribution in [-0.2, 0) is 9.47 Å². The number of rotatable bonds is 9. The second-order valence-corrected chi connectivity index (χ2v) is 4.36. The second kappa shape index (κ2) is 9.25. The number of carbonyl (C=O) groups is 1. The molecule has 0 aromatic carbocycles. The van der Waals surface area contributed by atoms with Gasteiger partial charge in [-0.25, -0.2) is 9.37 Å². The number of hydrogen-bond donors (Lipinski definition) is 1. The lowest BCUT2D eigenvalue weighted by atomic mass is 10.2. The molecule has 1 rings (SSSR count). The number of nitrogens with one attached hydrogen (secondary N) is 1. The fourth-order valence-corrected chi connectivity index (χ4v) is 1.80. The summed E-state index contributed by atoms with van der Waals surface area (Å²) in [5.74, 6) is -0.464. The van der Waals surface area contributed by atoms with E-state index >= 15 is 0 Å². The van der Waals surface area contributed by atoms with Gasteiger partial charge >= 0.3 is 0 Å². The van der Waals surface area contributed by atoms with E-state index in [-0.39, 0.29) is 11.5 Å². The molecule has 0 radical (unpaired) electrons. The molecule has 0 spiro atoms. The summed E-state index contributed by atoms with van der Waals surface area (Å²) < 4.78 is 23.4. The van der Waals surface area contributed by atoms with Crippen molar-refractivity contribution in [3.05, 3.63) is 23.6 Å². The van der Waals surface area contributed by atoms with Crippen LogP contribution < -0.4 is 5.32 Å². The summed E-state index contributed by atoms with van der Waals surface area (Å²) in [5.41, 5.74) is 0.212. The minimum absolute atomic E-state index is 0.212. The predicted octanol–water partition coefficient (Wildman–Crippen LogP) is 1.39. The number of aromatic nitrogens is 1.